The lowest BCUT2D eigenvalue weighted by atomic mass is 9.87. The predicted molar refractivity (Wildman–Crippen MR) is 209 cm³/mol. The van der Waals surface area contributed by atoms with Crippen LogP contribution in [0, 0.1) is 39.9 Å². The van der Waals surface area contributed by atoms with Gasteiger partial charge in [-0.05, 0) is 76.7 Å². The van der Waals surface area contributed by atoms with Crippen LogP contribution in [0.1, 0.15) is 39.4 Å². The van der Waals surface area contributed by atoms with Crippen molar-refractivity contribution in [3.63, 3.8) is 0 Å². The van der Waals surface area contributed by atoms with Gasteiger partial charge in [-0.3, -0.25) is 0 Å². The minimum absolute atomic E-state index is 0.170. The van der Waals surface area contributed by atoms with Crippen molar-refractivity contribution in [2.24, 2.45) is 5.92 Å². The molecule has 3 atom stereocenters. The Balaban J connectivity index is 1.11. The van der Waals surface area contributed by atoms with Crippen LogP contribution in [0.15, 0.2) is 126 Å². The fourth-order valence-corrected chi connectivity index (χ4v) is 10.9. The first-order valence-electron chi connectivity index (χ1n) is 16.9. The third-order valence-electron chi connectivity index (χ3n) is 10.6. The molecule has 0 fully saturated rings. The zero-order chi connectivity index (χ0) is 34.2. The molecule has 1 aliphatic heterocycles. The summed E-state index contributed by atoms with van der Waals surface area (Å²) in [5.41, 5.74) is 11.1. The zero-order valence-electron chi connectivity index (χ0n) is 27.2. The molecule has 0 spiro atoms. The average Bonchev–Trinajstić information content (AvgIpc) is 3.86. The molecule has 5 aromatic carbocycles. The minimum Gasteiger partial charge on any atom is -0.308 e. The maximum absolute atomic E-state index is 10.5. The first kappa shape index (κ1) is 29.8. The highest BCUT2D eigenvalue weighted by Gasteiger charge is 2.34. The molecular formula is C45H26N4S2. The van der Waals surface area contributed by atoms with Gasteiger partial charge in [0.05, 0.1) is 40.4 Å². The van der Waals surface area contributed by atoms with Crippen LogP contribution in [0.4, 0.5) is 0 Å². The lowest BCUT2D eigenvalue weighted by molar-refractivity contribution is 0.809. The summed E-state index contributed by atoms with van der Waals surface area (Å²) in [6.45, 7) is 0. The molecule has 3 aliphatic rings. The van der Waals surface area contributed by atoms with Crippen LogP contribution < -0.4 is 0 Å². The van der Waals surface area contributed by atoms with Gasteiger partial charge in [0.2, 0.25) is 0 Å². The second kappa shape index (κ2) is 11.5. The first-order chi connectivity index (χ1) is 25.1. The fourth-order valence-electron chi connectivity index (χ4n) is 8.14. The Hall–Kier alpha value is -6.10. The largest absolute Gasteiger partial charge is 0.308 e. The summed E-state index contributed by atoms with van der Waals surface area (Å²) in [4.78, 5) is 1.37. The van der Waals surface area contributed by atoms with Gasteiger partial charge in [0, 0.05) is 52.9 Å². The van der Waals surface area contributed by atoms with E-state index in [-0.39, 0.29) is 5.92 Å². The van der Waals surface area contributed by atoms with Crippen molar-refractivity contribution in [1.82, 2.24) is 4.57 Å². The Bertz CT molecular complexity index is 2860. The standard InChI is InChI=1S/C45H26N4S2/c46-23-26-8-11-28(12-9-26)29-13-18-41-37(21-29)34-15-16-35-38-22-30(14-19-42(38)51-45(35)44(34)50-41)32-6-3-4-31(25-48)43(32)49-39-7-2-1-5-33(39)36-20-27(24-47)10-17-40(36)49/h1-19,21-22,27,37,41H,20H2. The van der Waals surface area contributed by atoms with E-state index in [1.165, 1.54) is 36.2 Å². The molecule has 2 aromatic heterocycles. The summed E-state index contributed by atoms with van der Waals surface area (Å²) in [5, 5.41) is 33.4. The van der Waals surface area contributed by atoms with E-state index in [1.54, 1.807) is 0 Å². The topological polar surface area (TPSA) is 76.3 Å². The van der Waals surface area contributed by atoms with Gasteiger partial charge < -0.3 is 4.57 Å². The second-order valence-corrected chi connectivity index (χ2v) is 15.5. The van der Waals surface area contributed by atoms with Crippen molar-refractivity contribution < 1.29 is 0 Å². The third kappa shape index (κ3) is 4.50. The molecule has 6 heteroatoms. The number of hydrogen-bond donors (Lipinski definition) is 0. The Morgan fingerprint density at radius 2 is 1.61 bits per heavy atom. The molecular weight excluding hydrogens is 661 g/mol. The van der Waals surface area contributed by atoms with Crippen molar-refractivity contribution in [3.05, 3.63) is 155 Å². The molecule has 51 heavy (non-hydrogen) atoms. The Kier molecular flexibility index (Phi) is 6.70. The van der Waals surface area contributed by atoms with Crippen molar-refractivity contribution >= 4 is 65.8 Å². The highest BCUT2D eigenvalue weighted by molar-refractivity contribution is 8.00. The Labute approximate surface area is 303 Å². The van der Waals surface area contributed by atoms with Crippen LogP contribution in [-0.2, 0) is 6.42 Å². The van der Waals surface area contributed by atoms with E-state index in [9.17, 15) is 15.8 Å². The van der Waals surface area contributed by atoms with Crippen molar-refractivity contribution in [1.29, 1.82) is 15.8 Å². The molecule has 238 valence electrons. The van der Waals surface area contributed by atoms with E-state index in [0.717, 1.165) is 44.5 Å². The van der Waals surface area contributed by atoms with E-state index >= 15 is 0 Å². The van der Waals surface area contributed by atoms with Crippen molar-refractivity contribution in [2.45, 2.75) is 22.5 Å². The van der Waals surface area contributed by atoms with Gasteiger partial charge in [0.1, 0.15) is 6.07 Å². The minimum atomic E-state index is -0.170. The molecule has 0 N–H and O–H groups in total. The number of fused-ring (bicyclic) bond motifs is 10. The molecule has 0 bridgehead atoms. The summed E-state index contributed by atoms with van der Waals surface area (Å²) in [6.07, 6.45) is 11.7. The molecule has 4 nitrogen and oxygen atoms in total. The summed E-state index contributed by atoms with van der Waals surface area (Å²) >= 11 is 3.82. The quantitative estimate of drug-likeness (QED) is 0.185. The maximum atomic E-state index is 10.5. The van der Waals surface area contributed by atoms with Gasteiger partial charge in [0.25, 0.3) is 0 Å². The number of rotatable bonds is 3. The second-order valence-electron chi connectivity index (χ2n) is 13.3. The number of aromatic nitrogens is 1. The third-order valence-corrected chi connectivity index (χ3v) is 13.3. The normalized spacial score (nSPS) is 18.5. The van der Waals surface area contributed by atoms with E-state index in [2.05, 4.69) is 95.6 Å². The highest BCUT2D eigenvalue weighted by Crippen LogP contribution is 2.54. The molecule has 10 rings (SSSR count). The lowest BCUT2D eigenvalue weighted by Crippen LogP contribution is -2.08. The van der Waals surface area contributed by atoms with E-state index in [4.69, 9.17) is 0 Å². The number of nitrogens with zero attached hydrogens (tertiary/aromatic N) is 4. The first-order valence-corrected chi connectivity index (χ1v) is 18.6. The monoisotopic (exact) mass is 686 g/mol. The lowest BCUT2D eigenvalue weighted by Gasteiger charge is -2.19. The van der Waals surface area contributed by atoms with Crippen LogP contribution in [0.25, 0.3) is 59.5 Å². The van der Waals surface area contributed by atoms with Crippen molar-refractivity contribution in [2.75, 3.05) is 0 Å². The number of nitriles is 3. The fraction of sp³-hybridized carbons (Fsp3) is 0.0889. The molecule has 2 aliphatic carbocycles. The van der Waals surface area contributed by atoms with Gasteiger partial charge in [-0.15, -0.1) is 23.1 Å². The van der Waals surface area contributed by atoms with Gasteiger partial charge >= 0.3 is 0 Å². The number of thiophene rings is 1. The van der Waals surface area contributed by atoms with Crippen LogP contribution in [0.2, 0.25) is 0 Å². The molecule has 3 heterocycles. The van der Waals surface area contributed by atoms with Crippen LogP contribution in [0.5, 0.6) is 0 Å². The number of para-hydroxylation sites is 2. The summed E-state index contributed by atoms with van der Waals surface area (Å²) in [7, 11) is 0. The number of benzene rings is 5. The number of thioether (sulfide) groups is 1. The SMILES string of the molecule is N#Cc1ccc(C2=CC3c4ccc5c(sc6ccc(-c7cccc(C#N)c7-n7c8c(c9ccccc97)CC(C#N)C=C8)cc65)c4SC3C=C2)cc1. The van der Waals surface area contributed by atoms with Crippen molar-refractivity contribution in [3.8, 4) is 35.0 Å². The zero-order valence-corrected chi connectivity index (χ0v) is 28.8. The number of allylic oxidation sites excluding steroid dienone is 4. The molecule has 0 radical (unpaired) electrons. The smallest absolute Gasteiger partial charge is 0.101 e. The van der Waals surface area contributed by atoms with Crippen LogP contribution in [0.3, 0.4) is 0 Å². The van der Waals surface area contributed by atoms with E-state index in [1.807, 2.05) is 77.7 Å². The van der Waals surface area contributed by atoms with Crippen LogP contribution >= 0.6 is 23.1 Å². The summed E-state index contributed by atoms with van der Waals surface area (Å²) in [5.74, 6) is 0.124. The molecule has 7 aromatic rings. The van der Waals surface area contributed by atoms with Gasteiger partial charge in [0.15, 0.2) is 0 Å². The van der Waals surface area contributed by atoms with E-state index < -0.39 is 0 Å². The highest BCUT2D eigenvalue weighted by atomic mass is 32.2. The average molecular weight is 687 g/mol. The van der Waals surface area contributed by atoms with E-state index in [0.29, 0.717) is 28.7 Å². The van der Waals surface area contributed by atoms with Gasteiger partial charge in [-0.2, -0.15) is 15.8 Å². The number of hydrogen-bond acceptors (Lipinski definition) is 5. The molecule has 3 unspecified atom stereocenters. The summed E-state index contributed by atoms with van der Waals surface area (Å²) in [6, 6.07) is 40.7. The Morgan fingerprint density at radius 3 is 2.45 bits per heavy atom. The van der Waals surface area contributed by atoms with Gasteiger partial charge in [-0.25, -0.2) is 0 Å². The maximum Gasteiger partial charge on any atom is 0.101 e. The summed E-state index contributed by atoms with van der Waals surface area (Å²) < 4.78 is 4.81. The van der Waals surface area contributed by atoms with Crippen LogP contribution in [-0.4, -0.2) is 9.82 Å². The Morgan fingerprint density at radius 1 is 0.745 bits per heavy atom. The predicted octanol–water partition coefficient (Wildman–Crippen LogP) is 11.3. The van der Waals surface area contributed by atoms with Gasteiger partial charge in [-0.1, -0.05) is 85.0 Å². The molecule has 0 saturated heterocycles. The molecule has 0 amide bonds. The molecule has 0 saturated carbocycles.